The summed E-state index contributed by atoms with van der Waals surface area (Å²) in [7, 11) is 8.84. The third-order valence-electron chi connectivity index (χ3n) is 8.90. The molecule has 6 aromatic carbocycles. The molecule has 0 aliphatic heterocycles. The second-order valence-corrected chi connectivity index (χ2v) is 16.1. The van der Waals surface area contributed by atoms with Crippen molar-refractivity contribution in [1.29, 1.82) is 0 Å². The Balaban J connectivity index is 1.30. The minimum Gasteiger partial charge on any atom is -0.378 e. The van der Waals surface area contributed by atoms with Crippen molar-refractivity contribution in [3.63, 3.8) is 0 Å². The van der Waals surface area contributed by atoms with Crippen LogP contribution in [-0.2, 0) is 4.57 Å². The number of hydrogen-bond acceptors (Lipinski definition) is 4. The Hall–Kier alpha value is -6.37. The van der Waals surface area contributed by atoms with Gasteiger partial charge in [-0.05, 0) is 146 Å². The zero-order valence-electron chi connectivity index (χ0n) is 31.1. The molecule has 260 valence electrons. The van der Waals surface area contributed by atoms with Crippen LogP contribution in [0.1, 0.15) is 33.4 Å². The van der Waals surface area contributed by atoms with Gasteiger partial charge in [-0.15, -0.1) is 0 Å². The summed E-state index contributed by atoms with van der Waals surface area (Å²) in [5, 5.41) is 2.20. The van der Waals surface area contributed by atoms with Crippen LogP contribution in [-0.4, -0.2) is 42.3 Å². The van der Waals surface area contributed by atoms with Crippen molar-refractivity contribution in [2.24, 2.45) is 0 Å². The molecule has 0 aliphatic rings. The molecule has 0 spiro atoms. The Morgan fingerprint density at radius 1 is 0.302 bits per heavy atom. The third-order valence-corrected chi connectivity index (χ3v) is 12.0. The van der Waals surface area contributed by atoms with Crippen LogP contribution in [0.15, 0.2) is 146 Å². The molecular formula is C48H42N3OP. The third kappa shape index (κ3) is 8.93. The summed E-state index contributed by atoms with van der Waals surface area (Å²) in [4.78, 5) is 6.19. The van der Waals surface area contributed by atoms with Gasteiger partial charge in [-0.25, -0.2) is 0 Å². The molecule has 5 heteroatoms. The fourth-order valence-electron chi connectivity index (χ4n) is 5.67. The van der Waals surface area contributed by atoms with E-state index >= 15 is 4.57 Å². The van der Waals surface area contributed by atoms with Crippen molar-refractivity contribution in [2.45, 2.75) is 0 Å². The van der Waals surface area contributed by atoms with E-state index in [1.165, 1.54) is 0 Å². The summed E-state index contributed by atoms with van der Waals surface area (Å²) >= 11 is 0. The predicted molar refractivity (Wildman–Crippen MR) is 226 cm³/mol. The quantitative estimate of drug-likeness (QED) is 0.131. The zero-order valence-corrected chi connectivity index (χ0v) is 31.9. The maximum atomic E-state index is 15.4. The highest BCUT2D eigenvalue weighted by molar-refractivity contribution is 7.85. The van der Waals surface area contributed by atoms with Gasteiger partial charge in [0.1, 0.15) is 0 Å². The smallest absolute Gasteiger partial charge is 0.171 e. The summed E-state index contributed by atoms with van der Waals surface area (Å²) in [5.74, 6) is 19.6. The fraction of sp³-hybridized carbons (Fsp3) is 0.125. The Labute approximate surface area is 315 Å². The number of rotatable bonds is 6. The molecule has 6 aromatic rings. The molecule has 53 heavy (non-hydrogen) atoms. The lowest BCUT2D eigenvalue weighted by molar-refractivity contribution is 0.592. The minimum atomic E-state index is -3.27. The van der Waals surface area contributed by atoms with E-state index in [-0.39, 0.29) is 0 Å². The Morgan fingerprint density at radius 3 is 0.642 bits per heavy atom. The molecule has 4 nitrogen and oxygen atoms in total. The Kier molecular flexibility index (Phi) is 11.2. The van der Waals surface area contributed by atoms with Gasteiger partial charge >= 0.3 is 0 Å². The molecule has 0 aliphatic carbocycles. The summed E-state index contributed by atoms with van der Waals surface area (Å²) < 4.78 is 15.4. The highest BCUT2D eigenvalue weighted by atomic mass is 31.2. The molecule has 0 saturated heterocycles. The maximum absolute atomic E-state index is 15.4. The Bertz CT molecular complexity index is 2130. The highest BCUT2D eigenvalue weighted by Gasteiger charge is 2.29. The van der Waals surface area contributed by atoms with E-state index in [1.54, 1.807) is 0 Å². The lowest BCUT2D eigenvalue weighted by atomic mass is 10.1. The first kappa shape index (κ1) is 36.4. The maximum Gasteiger partial charge on any atom is 0.171 e. The van der Waals surface area contributed by atoms with Gasteiger partial charge < -0.3 is 19.3 Å². The predicted octanol–water partition coefficient (Wildman–Crippen LogP) is 7.72. The van der Waals surface area contributed by atoms with Crippen LogP contribution < -0.4 is 30.6 Å². The Morgan fingerprint density at radius 2 is 0.472 bits per heavy atom. The molecule has 0 saturated carbocycles. The number of anilines is 3. The van der Waals surface area contributed by atoms with E-state index in [0.717, 1.165) is 66.4 Å². The average molecular weight is 708 g/mol. The lowest BCUT2D eigenvalue weighted by Gasteiger charge is -2.20. The topological polar surface area (TPSA) is 26.8 Å². The normalized spacial score (nSPS) is 10.5. The summed E-state index contributed by atoms with van der Waals surface area (Å²) in [6.07, 6.45) is 0. The zero-order chi connectivity index (χ0) is 37.4. The van der Waals surface area contributed by atoms with Crippen LogP contribution in [0.4, 0.5) is 17.1 Å². The van der Waals surface area contributed by atoms with E-state index in [2.05, 4.69) is 86.6 Å². The lowest BCUT2D eigenvalue weighted by Crippen LogP contribution is -2.25. The molecule has 0 amide bonds. The van der Waals surface area contributed by atoms with Gasteiger partial charge in [0.15, 0.2) is 7.14 Å². The number of nitrogens with zero attached hydrogens (tertiary/aromatic N) is 3. The van der Waals surface area contributed by atoms with Crippen LogP contribution >= 0.6 is 7.14 Å². The van der Waals surface area contributed by atoms with E-state index in [4.69, 9.17) is 0 Å². The van der Waals surface area contributed by atoms with Crippen molar-refractivity contribution in [1.82, 2.24) is 0 Å². The van der Waals surface area contributed by atoms with Crippen molar-refractivity contribution >= 4 is 40.1 Å². The molecule has 0 bridgehead atoms. The molecule has 0 heterocycles. The van der Waals surface area contributed by atoms with Crippen LogP contribution in [0.3, 0.4) is 0 Å². The molecular weight excluding hydrogens is 666 g/mol. The van der Waals surface area contributed by atoms with Gasteiger partial charge in [-0.3, -0.25) is 0 Å². The van der Waals surface area contributed by atoms with Gasteiger partial charge in [0.25, 0.3) is 0 Å². The largest absolute Gasteiger partial charge is 0.378 e. The summed E-state index contributed by atoms with van der Waals surface area (Å²) in [6, 6.07) is 47.8. The average Bonchev–Trinajstić information content (AvgIpc) is 3.19. The second kappa shape index (κ2) is 16.3. The highest BCUT2D eigenvalue weighted by Crippen LogP contribution is 2.42. The van der Waals surface area contributed by atoms with Gasteiger partial charge in [-0.2, -0.15) is 0 Å². The van der Waals surface area contributed by atoms with E-state index in [0.29, 0.717) is 0 Å². The van der Waals surface area contributed by atoms with Gasteiger partial charge in [0, 0.05) is 109 Å². The van der Waals surface area contributed by atoms with Gasteiger partial charge in [-0.1, -0.05) is 35.5 Å². The standard InChI is InChI=1S/C48H42N3OP/c1-49(2)43-25-13-37(14-26-43)7-10-40-19-31-46(32-20-40)53(52,47-33-21-41(22-34-47)11-8-38-15-27-44(28-16-38)50(3)4)48-35-23-42(24-36-48)12-9-39-17-29-45(30-18-39)51(5)6/h13-36H,1-6H3. The molecule has 0 unspecified atom stereocenters. The number of benzene rings is 6. The second-order valence-electron chi connectivity index (χ2n) is 13.3. The SMILES string of the molecule is CN(C)c1ccc(C#Cc2ccc(P(=O)(c3ccc(C#Cc4ccc(N(C)C)cc4)cc3)c3ccc(C#Cc4ccc(N(C)C)cc4)cc3)cc2)cc1. The number of hydrogen-bond donors (Lipinski definition) is 0. The van der Waals surface area contributed by atoms with Crippen LogP contribution in [0.2, 0.25) is 0 Å². The first-order valence-corrected chi connectivity index (χ1v) is 19.1. The monoisotopic (exact) mass is 707 g/mol. The summed E-state index contributed by atoms with van der Waals surface area (Å²) in [5.41, 5.74) is 8.75. The van der Waals surface area contributed by atoms with Crippen LogP contribution in [0.25, 0.3) is 0 Å². The molecule has 6 rings (SSSR count). The van der Waals surface area contributed by atoms with Crippen molar-refractivity contribution in [2.75, 3.05) is 57.0 Å². The van der Waals surface area contributed by atoms with Gasteiger partial charge in [0.2, 0.25) is 0 Å². The van der Waals surface area contributed by atoms with Crippen molar-refractivity contribution < 1.29 is 4.57 Å². The molecule has 0 radical (unpaired) electrons. The molecule has 0 fully saturated rings. The molecule has 0 aromatic heterocycles. The molecule has 0 atom stereocenters. The molecule has 0 N–H and O–H groups in total. The first-order valence-electron chi connectivity index (χ1n) is 17.4. The van der Waals surface area contributed by atoms with Crippen molar-refractivity contribution in [3.05, 3.63) is 179 Å². The van der Waals surface area contributed by atoms with E-state index < -0.39 is 7.14 Å². The van der Waals surface area contributed by atoms with E-state index in [1.807, 2.05) is 151 Å². The van der Waals surface area contributed by atoms with Crippen molar-refractivity contribution in [3.8, 4) is 35.5 Å². The van der Waals surface area contributed by atoms with Crippen LogP contribution in [0.5, 0.6) is 0 Å². The minimum absolute atomic E-state index is 0.734. The van der Waals surface area contributed by atoms with Crippen LogP contribution in [0, 0.1) is 35.5 Å². The summed E-state index contributed by atoms with van der Waals surface area (Å²) in [6.45, 7) is 0. The van der Waals surface area contributed by atoms with Gasteiger partial charge in [0.05, 0.1) is 0 Å². The fourth-order valence-corrected chi connectivity index (χ4v) is 8.27. The first-order chi connectivity index (χ1) is 25.6. The van der Waals surface area contributed by atoms with E-state index in [9.17, 15) is 0 Å².